The van der Waals surface area contributed by atoms with Crippen molar-refractivity contribution < 1.29 is 14.5 Å². The maximum Gasteiger partial charge on any atom is 0.345 e. The van der Waals surface area contributed by atoms with Crippen molar-refractivity contribution in [2.45, 2.75) is 26.8 Å². The number of nitro groups is 1. The first-order valence-corrected chi connectivity index (χ1v) is 8.02. The van der Waals surface area contributed by atoms with Crippen molar-refractivity contribution in [1.82, 2.24) is 0 Å². The first kappa shape index (κ1) is 17.0. The molecule has 122 valence electrons. The molecule has 1 atom stereocenters. The molecule has 2 aromatic rings. The lowest BCUT2D eigenvalue weighted by molar-refractivity contribution is -0.385. The number of hydrogen-bond acceptors (Lipinski definition) is 6. The van der Waals surface area contributed by atoms with Crippen LogP contribution in [-0.2, 0) is 4.74 Å². The zero-order valence-electron chi connectivity index (χ0n) is 13.2. The predicted molar refractivity (Wildman–Crippen MR) is 90.1 cm³/mol. The molecule has 0 amide bonds. The van der Waals surface area contributed by atoms with Gasteiger partial charge in [-0.15, -0.1) is 11.3 Å². The molecule has 1 N–H and O–H groups in total. The Hall–Kier alpha value is -2.41. The summed E-state index contributed by atoms with van der Waals surface area (Å²) in [6.07, 6.45) is 0. The Balaban J connectivity index is 2.27. The fourth-order valence-corrected chi connectivity index (χ4v) is 3.04. The molecule has 0 saturated carbocycles. The van der Waals surface area contributed by atoms with Gasteiger partial charge in [0.15, 0.2) is 0 Å². The minimum atomic E-state index is -0.692. The fraction of sp³-hybridized carbons (Fsp3) is 0.312. The number of benzene rings is 1. The lowest BCUT2D eigenvalue weighted by Gasteiger charge is -2.14. The Morgan fingerprint density at radius 2 is 2.13 bits per heavy atom. The van der Waals surface area contributed by atoms with Crippen LogP contribution in [0.25, 0.3) is 0 Å². The van der Waals surface area contributed by atoms with Crippen LogP contribution in [-0.4, -0.2) is 17.5 Å². The van der Waals surface area contributed by atoms with Crippen molar-refractivity contribution in [3.63, 3.8) is 0 Å². The van der Waals surface area contributed by atoms with Crippen molar-refractivity contribution in [3.8, 4) is 0 Å². The maximum atomic E-state index is 11.9. The minimum absolute atomic E-state index is 0.0326. The van der Waals surface area contributed by atoms with E-state index in [0.29, 0.717) is 5.69 Å². The predicted octanol–water partition coefficient (Wildman–Crippen LogP) is 4.31. The Kier molecular flexibility index (Phi) is 5.33. The first-order valence-electron chi connectivity index (χ1n) is 7.20. The van der Waals surface area contributed by atoms with Crippen LogP contribution < -0.4 is 5.32 Å². The molecule has 0 aliphatic rings. The highest BCUT2D eigenvalue weighted by Gasteiger charge is 2.22. The molecule has 2 rings (SSSR count). The average molecular weight is 334 g/mol. The van der Waals surface area contributed by atoms with E-state index in [9.17, 15) is 14.9 Å². The largest absolute Gasteiger partial charge is 0.462 e. The van der Waals surface area contributed by atoms with Gasteiger partial charge in [-0.2, -0.15) is 0 Å². The number of nitro benzene ring substituents is 1. The van der Waals surface area contributed by atoms with Gasteiger partial charge < -0.3 is 10.1 Å². The summed E-state index contributed by atoms with van der Waals surface area (Å²) in [5.74, 6) is -0.692. The fourth-order valence-electron chi connectivity index (χ4n) is 2.16. The molecule has 0 spiro atoms. The highest BCUT2D eigenvalue weighted by molar-refractivity contribution is 7.12. The normalized spacial score (nSPS) is 11.8. The third-order valence-electron chi connectivity index (χ3n) is 3.26. The third kappa shape index (κ3) is 4.07. The summed E-state index contributed by atoms with van der Waals surface area (Å²) in [6, 6.07) is 8.49. The standard InChI is InChI=1S/C16H18N2O4S/c1-4-22-16(19)13-9-12(6-7-14(13)18(20)21)17-11(3)15-8-5-10(2)23-15/h5-9,11,17H,4H2,1-3H3. The van der Waals surface area contributed by atoms with E-state index >= 15 is 0 Å². The van der Waals surface area contributed by atoms with Crippen LogP contribution in [0.1, 0.15) is 40.0 Å². The molecule has 0 bridgehead atoms. The molecule has 0 saturated heterocycles. The number of nitrogens with zero attached hydrogens (tertiary/aromatic N) is 1. The third-order valence-corrected chi connectivity index (χ3v) is 4.44. The molecule has 23 heavy (non-hydrogen) atoms. The molecule has 0 radical (unpaired) electrons. The molecular weight excluding hydrogens is 316 g/mol. The summed E-state index contributed by atoms with van der Waals surface area (Å²) >= 11 is 1.68. The smallest absolute Gasteiger partial charge is 0.345 e. The Morgan fingerprint density at radius 3 is 2.70 bits per heavy atom. The molecule has 1 heterocycles. The van der Waals surface area contributed by atoms with E-state index in [2.05, 4.69) is 5.32 Å². The van der Waals surface area contributed by atoms with Gasteiger partial charge in [-0.3, -0.25) is 10.1 Å². The van der Waals surface area contributed by atoms with Gasteiger partial charge in [-0.25, -0.2) is 4.79 Å². The van der Waals surface area contributed by atoms with Gasteiger partial charge in [0, 0.05) is 21.5 Å². The summed E-state index contributed by atoms with van der Waals surface area (Å²) in [5, 5.41) is 14.3. The number of carbonyl (C=O) groups excluding carboxylic acids is 1. The van der Waals surface area contributed by atoms with Crippen LogP contribution in [0.3, 0.4) is 0 Å². The van der Waals surface area contributed by atoms with E-state index in [1.54, 1.807) is 24.3 Å². The Bertz CT molecular complexity index is 727. The van der Waals surface area contributed by atoms with E-state index in [1.807, 2.05) is 26.0 Å². The van der Waals surface area contributed by atoms with Crippen LogP contribution in [0.5, 0.6) is 0 Å². The zero-order valence-corrected chi connectivity index (χ0v) is 14.0. The summed E-state index contributed by atoms with van der Waals surface area (Å²) in [4.78, 5) is 24.8. The highest BCUT2D eigenvalue weighted by atomic mass is 32.1. The lowest BCUT2D eigenvalue weighted by Crippen LogP contribution is -2.10. The molecule has 0 aliphatic carbocycles. The molecule has 0 aliphatic heterocycles. The molecule has 1 unspecified atom stereocenters. The van der Waals surface area contributed by atoms with E-state index in [4.69, 9.17) is 4.74 Å². The number of esters is 1. The van der Waals surface area contributed by atoms with Crippen molar-refractivity contribution >= 4 is 28.7 Å². The number of carbonyl (C=O) groups is 1. The van der Waals surface area contributed by atoms with E-state index < -0.39 is 10.9 Å². The van der Waals surface area contributed by atoms with Crippen LogP contribution in [0.2, 0.25) is 0 Å². The first-order chi connectivity index (χ1) is 10.9. The number of hydrogen-bond donors (Lipinski definition) is 1. The van der Waals surface area contributed by atoms with Gasteiger partial charge >= 0.3 is 5.97 Å². The molecule has 6 nitrogen and oxygen atoms in total. The number of nitrogens with one attached hydrogen (secondary N) is 1. The second-order valence-corrected chi connectivity index (χ2v) is 6.34. The van der Waals surface area contributed by atoms with Gasteiger partial charge in [-0.1, -0.05) is 0 Å². The zero-order chi connectivity index (χ0) is 17.0. The lowest BCUT2D eigenvalue weighted by atomic mass is 10.1. The van der Waals surface area contributed by atoms with Gasteiger partial charge in [-0.05, 0) is 45.0 Å². The Labute approximate surface area is 138 Å². The molecule has 7 heteroatoms. The van der Waals surface area contributed by atoms with E-state index in [0.717, 1.165) is 4.88 Å². The van der Waals surface area contributed by atoms with E-state index in [-0.39, 0.29) is 23.9 Å². The van der Waals surface area contributed by atoms with Crippen LogP contribution in [0.15, 0.2) is 30.3 Å². The number of anilines is 1. The van der Waals surface area contributed by atoms with Crippen molar-refractivity contribution in [2.24, 2.45) is 0 Å². The maximum absolute atomic E-state index is 11.9. The van der Waals surface area contributed by atoms with Crippen molar-refractivity contribution in [2.75, 3.05) is 11.9 Å². The quantitative estimate of drug-likeness (QED) is 0.483. The molecule has 0 fully saturated rings. The summed E-state index contributed by atoms with van der Waals surface area (Å²) in [7, 11) is 0. The second-order valence-electron chi connectivity index (χ2n) is 5.02. The monoisotopic (exact) mass is 334 g/mol. The van der Waals surface area contributed by atoms with Gasteiger partial charge in [0.05, 0.1) is 17.6 Å². The summed E-state index contributed by atoms with van der Waals surface area (Å²) in [5.41, 5.74) is 0.335. The van der Waals surface area contributed by atoms with Crippen molar-refractivity contribution in [1.29, 1.82) is 0 Å². The second kappa shape index (κ2) is 7.23. The van der Waals surface area contributed by atoms with Crippen LogP contribution >= 0.6 is 11.3 Å². The highest BCUT2D eigenvalue weighted by Crippen LogP contribution is 2.28. The van der Waals surface area contributed by atoms with Gasteiger partial charge in [0.1, 0.15) is 5.56 Å². The number of aryl methyl sites for hydroxylation is 1. The number of ether oxygens (including phenoxy) is 1. The molecule has 1 aromatic heterocycles. The van der Waals surface area contributed by atoms with E-state index in [1.165, 1.54) is 17.0 Å². The van der Waals surface area contributed by atoms with Crippen LogP contribution in [0, 0.1) is 17.0 Å². The molecular formula is C16H18N2O4S. The number of rotatable bonds is 6. The van der Waals surface area contributed by atoms with Gasteiger partial charge in [0.2, 0.25) is 0 Å². The topological polar surface area (TPSA) is 81.5 Å². The summed E-state index contributed by atoms with van der Waals surface area (Å²) in [6.45, 7) is 5.86. The SMILES string of the molecule is CCOC(=O)c1cc(NC(C)c2ccc(C)s2)ccc1[N+](=O)[O-]. The average Bonchev–Trinajstić information content (AvgIpc) is 2.94. The molecule has 1 aromatic carbocycles. The minimum Gasteiger partial charge on any atom is -0.462 e. The van der Waals surface area contributed by atoms with Crippen molar-refractivity contribution in [3.05, 3.63) is 55.8 Å². The van der Waals surface area contributed by atoms with Gasteiger partial charge in [0.25, 0.3) is 5.69 Å². The van der Waals surface area contributed by atoms with Crippen LogP contribution in [0.4, 0.5) is 11.4 Å². The number of thiophene rings is 1. The Morgan fingerprint density at radius 1 is 1.39 bits per heavy atom. The summed E-state index contributed by atoms with van der Waals surface area (Å²) < 4.78 is 4.90.